The molecule has 3 rings (SSSR count). The molecule has 24 heavy (non-hydrogen) atoms. The topological polar surface area (TPSA) is 79.4 Å². The minimum absolute atomic E-state index is 0.0787. The second kappa shape index (κ2) is 6.66. The maximum absolute atomic E-state index is 13.3. The van der Waals surface area contributed by atoms with Gasteiger partial charge in [0, 0.05) is 32.4 Å². The van der Waals surface area contributed by atoms with Crippen LogP contribution in [0.25, 0.3) is 0 Å². The fourth-order valence-electron chi connectivity index (χ4n) is 2.47. The van der Waals surface area contributed by atoms with E-state index in [1.54, 1.807) is 4.90 Å². The Morgan fingerprint density at radius 3 is 2.50 bits per heavy atom. The third-order valence-electron chi connectivity index (χ3n) is 3.78. The van der Waals surface area contributed by atoms with Gasteiger partial charge in [-0.25, -0.2) is 17.8 Å². The molecule has 0 bridgehead atoms. The van der Waals surface area contributed by atoms with Crippen molar-refractivity contribution >= 4 is 15.7 Å². The average molecular weight is 349 g/mol. The standard InChI is InChI=1S/C16H16FN3O3S/c17-12-2-1-3-13(10-12)24(22,23)14-4-5-15(19-11-14)16(21)20-8-6-18-7-9-20/h1-5,10-11,18H,6-9H2. The number of rotatable bonds is 3. The van der Waals surface area contributed by atoms with Crippen molar-refractivity contribution in [2.24, 2.45) is 0 Å². The van der Waals surface area contributed by atoms with Gasteiger partial charge in [0.05, 0.1) is 9.79 Å². The molecule has 2 aromatic rings. The maximum atomic E-state index is 13.3. The molecule has 1 fully saturated rings. The predicted molar refractivity (Wildman–Crippen MR) is 84.9 cm³/mol. The fourth-order valence-corrected chi connectivity index (χ4v) is 3.70. The molecule has 126 valence electrons. The van der Waals surface area contributed by atoms with E-state index in [0.717, 1.165) is 25.4 Å². The summed E-state index contributed by atoms with van der Waals surface area (Å²) in [5.74, 6) is -0.860. The van der Waals surface area contributed by atoms with Crippen LogP contribution in [0.3, 0.4) is 0 Å². The van der Waals surface area contributed by atoms with E-state index < -0.39 is 15.7 Å². The van der Waals surface area contributed by atoms with Gasteiger partial charge in [-0.2, -0.15) is 0 Å². The van der Waals surface area contributed by atoms with Gasteiger partial charge in [-0.3, -0.25) is 4.79 Å². The molecule has 6 nitrogen and oxygen atoms in total. The van der Waals surface area contributed by atoms with Crippen molar-refractivity contribution in [3.8, 4) is 0 Å². The number of pyridine rings is 1. The summed E-state index contributed by atoms with van der Waals surface area (Å²) in [6.07, 6.45) is 1.13. The van der Waals surface area contributed by atoms with Crippen molar-refractivity contribution in [3.63, 3.8) is 0 Å². The Morgan fingerprint density at radius 2 is 1.88 bits per heavy atom. The molecule has 0 atom stereocenters. The molecule has 8 heteroatoms. The molecule has 1 amide bonds. The summed E-state index contributed by atoms with van der Waals surface area (Å²) in [5.41, 5.74) is 0.190. The van der Waals surface area contributed by atoms with Crippen LogP contribution in [0.2, 0.25) is 0 Å². The molecule has 0 saturated carbocycles. The lowest BCUT2D eigenvalue weighted by molar-refractivity contribution is 0.0729. The van der Waals surface area contributed by atoms with Crippen LogP contribution in [0.4, 0.5) is 4.39 Å². The molecule has 1 N–H and O–H groups in total. The van der Waals surface area contributed by atoms with Crippen LogP contribution in [-0.2, 0) is 9.84 Å². The minimum Gasteiger partial charge on any atom is -0.335 e. The molecule has 1 aromatic carbocycles. The Balaban J connectivity index is 1.85. The molecule has 1 saturated heterocycles. The number of halogens is 1. The maximum Gasteiger partial charge on any atom is 0.272 e. The molecule has 1 aliphatic heterocycles. The average Bonchev–Trinajstić information content (AvgIpc) is 2.62. The van der Waals surface area contributed by atoms with Gasteiger partial charge in [0.25, 0.3) is 5.91 Å². The zero-order valence-electron chi connectivity index (χ0n) is 12.8. The summed E-state index contributed by atoms with van der Waals surface area (Å²) in [6, 6.07) is 7.48. The highest BCUT2D eigenvalue weighted by molar-refractivity contribution is 7.91. The van der Waals surface area contributed by atoms with Crippen LogP contribution < -0.4 is 5.32 Å². The number of aromatic nitrogens is 1. The molecule has 0 unspecified atom stereocenters. The highest BCUT2D eigenvalue weighted by atomic mass is 32.2. The van der Waals surface area contributed by atoms with Gasteiger partial charge in [0.15, 0.2) is 0 Å². The second-order valence-corrected chi connectivity index (χ2v) is 7.33. The highest BCUT2D eigenvalue weighted by Crippen LogP contribution is 2.21. The smallest absolute Gasteiger partial charge is 0.272 e. The molecule has 0 radical (unpaired) electrons. The predicted octanol–water partition coefficient (Wildman–Crippen LogP) is 1.10. The molecule has 2 heterocycles. The lowest BCUT2D eigenvalue weighted by atomic mass is 10.3. The van der Waals surface area contributed by atoms with Crippen LogP contribution in [0.1, 0.15) is 10.5 Å². The number of sulfone groups is 1. The first-order chi connectivity index (χ1) is 11.5. The van der Waals surface area contributed by atoms with Gasteiger partial charge >= 0.3 is 0 Å². The Labute approximate surface area is 139 Å². The van der Waals surface area contributed by atoms with Crippen LogP contribution >= 0.6 is 0 Å². The van der Waals surface area contributed by atoms with E-state index in [1.807, 2.05) is 0 Å². The van der Waals surface area contributed by atoms with E-state index in [9.17, 15) is 17.6 Å². The summed E-state index contributed by atoms with van der Waals surface area (Å²) in [6.45, 7) is 2.61. The summed E-state index contributed by atoms with van der Waals surface area (Å²) in [7, 11) is -3.87. The van der Waals surface area contributed by atoms with E-state index >= 15 is 0 Å². The third-order valence-corrected chi connectivity index (χ3v) is 5.51. The van der Waals surface area contributed by atoms with E-state index in [1.165, 1.54) is 30.3 Å². The third kappa shape index (κ3) is 3.29. The van der Waals surface area contributed by atoms with Gasteiger partial charge in [0.2, 0.25) is 9.84 Å². The molecule has 1 aromatic heterocycles. The number of hydrogen-bond acceptors (Lipinski definition) is 5. The largest absolute Gasteiger partial charge is 0.335 e. The van der Waals surface area contributed by atoms with Gasteiger partial charge in [-0.15, -0.1) is 0 Å². The molecule has 1 aliphatic rings. The SMILES string of the molecule is O=C(c1ccc(S(=O)(=O)c2cccc(F)c2)cn1)N1CCNCC1. The summed E-state index contributed by atoms with van der Waals surface area (Å²) in [5, 5.41) is 3.15. The lowest BCUT2D eigenvalue weighted by Gasteiger charge is -2.27. The normalized spacial score (nSPS) is 15.3. The minimum atomic E-state index is -3.87. The summed E-state index contributed by atoms with van der Waals surface area (Å²) < 4.78 is 38.2. The van der Waals surface area contributed by atoms with E-state index in [0.29, 0.717) is 13.1 Å². The van der Waals surface area contributed by atoms with Crippen molar-refractivity contribution in [3.05, 3.63) is 54.1 Å². The quantitative estimate of drug-likeness (QED) is 0.898. The number of benzene rings is 1. The molecular formula is C16H16FN3O3S. The monoisotopic (exact) mass is 349 g/mol. The van der Waals surface area contributed by atoms with Crippen LogP contribution in [-0.4, -0.2) is 50.4 Å². The van der Waals surface area contributed by atoms with Gasteiger partial charge in [-0.05, 0) is 30.3 Å². The van der Waals surface area contributed by atoms with E-state index in [2.05, 4.69) is 10.3 Å². The van der Waals surface area contributed by atoms with Crippen LogP contribution in [0.5, 0.6) is 0 Å². The zero-order chi connectivity index (χ0) is 17.2. The van der Waals surface area contributed by atoms with Crippen molar-refractivity contribution < 1.29 is 17.6 Å². The first-order valence-electron chi connectivity index (χ1n) is 7.45. The Bertz CT molecular complexity index is 847. The lowest BCUT2D eigenvalue weighted by Crippen LogP contribution is -2.46. The number of carbonyl (C=O) groups excluding carboxylic acids is 1. The number of nitrogens with one attached hydrogen (secondary N) is 1. The van der Waals surface area contributed by atoms with Crippen molar-refractivity contribution in [1.82, 2.24) is 15.2 Å². The number of nitrogens with zero attached hydrogens (tertiary/aromatic N) is 2. The molecular weight excluding hydrogens is 333 g/mol. The summed E-state index contributed by atoms with van der Waals surface area (Å²) >= 11 is 0. The second-order valence-electron chi connectivity index (χ2n) is 5.38. The number of carbonyl (C=O) groups is 1. The number of piperazine rings is 1. The van der Waals surface area contributed by atoms with E-state index in [-0.39, 0.29) is 21.4 Å². The van der Waals surface area contributed by atoms with E-state index in [4.69, 9.17) is 0 Å². The first-order valence-corrected chi connectivity index (χ1v) is 8.93. The first kappa shape index (κ1) is 16.5. The highest BCUT2D eigenvalue weighted by Gasteiger charge is 2.22. The van der Waals surface area contributed by atoms with Crippen molar-refractivity contribution in [2.75, 3.05) is 26.2 Å². The Kier molecular flexibility index (Phi) is 4.59. The van der Waals surface area contributed by atoms with Crippen LogP contribution in [0, 0.1) is 5.82 Å². The van der Waals surface area contributed by atoms with Gasteiger partial charge < -0.3 is 10.2 Å². The van der Waals surface area contributed by atoms with Crippen LogP contribution in [0.15, 0.2) is 52.4 Å². The Hall–Kier alpha value is -2.32. The number of hydrogen-bond donors (Lipinski definition) is 1. The molecule has 0 spiro atoms. The van der Waals surface area contributed by atoms with Crippen molar-refractivity contribution in [1.29, 1.82) is 0 Å². The van der Waals surface area contributed by atoms with Crippen molar-refractivity contribution in [2.45, 2.75) is 9.79 Å². The van der Waals surface area contributed by atoms with Gasteiger partial charge in [-0.1, -0.05) is 6.07 Å². The Morgan fingerprint density at radius 1 is 1.12 bits per heavy atom. The number of amides is 1. The summed E-state index contributed by atoms with van der Waals surface area (Å²) in [4.78, 5) is 17.7. The fraction of sp³-hybridized carbons (Fsp3) is 0.250. The zero-order valence-corrected chi connectivity index (χ0v) is 13.6. The van der Waals surface area contributed by atoms with Gasteiger partial charge in [0.1, 0.15) is 11.5 Å². The molecule has 0 aliphatic carbocycles.